The molecule has 0 radical (unpaired) electrons. The number of Topliss-reactive ketones (excluding diaryl/α,β-unsaturated/α-hetero) is 1. The quantitative estimate of drug-likeness (QED) is 0.570. The van der Waals surface area contributed by atoms with Gasteiger partial charge in [-0.05, 0) is 11.6 Å². The van der Waals surface area contributed by atoms with Crippen molar-refractivity contribution in [2.24, 2.45) is 5.73 Å². The number of carbonyl (C=O) groups is 3. The highest BCUT2D eigenvalue weighted by atomic mass is 16.2. The molecule has 3 rings (SSSR count). The zero-order valence-corrected chi connectivity index (χ0v) is 14.1. The molecule has 2 aromatic heterocycles. The van der Waals surface area contributed by atoms with Crippen LogP contribution in [-0.2, 0) is 16.0 Å². The lowest BCUT2D eigenvalue weighted by molar-refractivity contribution is -0.137. The first-order valence-electron chi connectivity index (χ1n) is 8.05. The van der Waals surface area contributed by atoms with Crippen molar-refractivity contribution in [3.05, 3.63) is 72.4 Å². The average molecular weight is 364 g/mol. The van der Waals surface area contributed by atoms with Crippen LogP contribution in [0.3, 0.4) is 0 Å². The molecule has 0 bridgehead atoms. The van der Waals surface area contributed by atoms with Crippen LogP contribution in [0.25, 0.3) is 5.82 Å². The predicted octanol–water partition coefficient (Wildman–Crippen LogP) is 0.0578. The van der Waals surface area contributed by atoms with E-state index in [1.165, 1.54) is 35.5 Å². The molecular weight excluding hydrogens is 348 g/mol. The van der Waals surface area contributed by atoms with Gasteiger partial charge in [0.2, 0.25) is 5.78 Å². The van der Waals surface area contributed by atoms with Gasteiger partial charge in [0, 0.05) is 18.8 Å². The Morgan fingerprint density at radius 3 is 2.52 bits per heavy atom. The summed E-state index contributed by atoms with van der Waals surface area (Å²) in [6.45, 7) is 0. The highest BCUT2D eigenvalue weighted by Gasteiger charge is 2.27. The van der Waals surface area contributed by atoms with Crippen LogP contribution in [0.5, 0.6) is 0 Å². The summed E-state index contributed by atoms with van der Waals surface area (Å²) in [7, 11) is 0. The van der Waals surface area contributed by atoms with Gasteiger partial charge in [0.15, 0.2) is 5.82 Å². The average Bonchev–Trinajstić information content (AvgIpc) is 3.18. The standard InChI is InChI=1S/C18H16N6O3/c19-17(26)16(25)13(10-12-4-2-1-3-5-12)23-18(27)14-6-7-22-24(14)15-11-20-8-9-21-15/h1-9,11,13H,10H2,(H2,19,26)(H,23,27). The minimum atomic E-state index is -1.11. The number of primary amides is 1. The molecule has 2 heterocycles. The van der Waals surface area contributed by atoms with Crippen molar-refractivity contribution in [3.63, 3.8) is 0 Å². The Labute approximate surface area is 154 Å². The zero-order valence-electron chi connectivity index (χ0n) is 14.1. The summed E-state index contributed by atoms with van der Waals surface area (Å²) in [6.07, 6.45) is 5.96. The number of nitrogens with two attached hydrogens (primary N) is 1. The van der Waals surface area contributed by atoms with Crippen molar-refractivity contribution in [3.8, 4) is 5.82 Å². The van der Waals surface area contributed by atoms with Gasteiger partial charge in [0.25, 0.3) is 11.8 Å². The van der Waals surface area contributed by atoms with Gasteiger partial charge in [0.05, 0.1) is 12.4 Å². The molecule has 1 aromatic carbocycles. The van der Waals surface area contributed by atoms with Crippen LogP contribution in [0.4, 0.5) is 0 Å². The van der Waals surface area contributed by atoms with Crippen molar-refractivity contribution in [2.75, 3.05) is 0 Å². The third kappa shape index (κ3) is 4.21. The molecule has 0 fully saturated rings. The van der Waals surface area contributed by atoms with Crippen LogP contribution in [-0.4, -0.2) is 43.4 Å². The van der Waals surface area contributed by atoms with Gasteiger partial charge < -0.3 is 11.1 Å². The number of nitrogens with zero attached hydrogens (tertiary/aromatic N) is 4. The van der Waals surface area contributed by atoms with Gasteiger partial charge in [-0.3, -0.25) is 19.4 Å². The van der Waals surface area contributed by atoms with E-state index in [0.717, 1.165) is 5.56 Å². The van der Waals surface area contributed by atoms with Crippen LogP contribution in [0, 0.1) is 0 Å². The number of ketones is 1. The second kappa shape index (κ2) is 8.00. The molecule has 3 N–H and O–H groups in total. The Morgan fingerprint density at radius 2 is 1.85 bits per heavy atom. The fourth-order valence-electron chi connectivity index (χ4n) is 2.52. The molecule has 0 aliphatic carbocycles. The van der Waals surface area contributed by atoms with Crippen molar-refractivity contribution in [1.29, 1.82) is 0 Å². The first kappa shape index (κ1) is 17.9. The largest absolute Gasteiger partial charge is 0.363 e. The third-order valence-corrected chi connectivity index (χ3v) is 3.79. The molecule has 1 unspecified atom stereocenters. The molecule has 0 aliphatic rings. The summed E-state index contributed by atoms with van der Waals surface area (Å²) < 4.78 is 1.29. The molecule has 2 amide bonds. The maximum Gasteiger partial charge on any atom is 0.287 e. The third-order valence-electron chi connectivity index (χ3n) is 3.79. The van der Waals surface area contributed by atoms with Crippen molar-refractivity contribution in [2.45, 2.75) is 12.5 Å². The zero-order chi connectivity index (χ0) is 19.2. The number of hydrogen-bond acceptors (Lipinski definition) is 6. The first-order chi connectivity index (χ1) is 13.1. The van der Waals surface area contributed by atoms with E-state index < -0.39 is 23.6 Å². The van der Waals surface area contributed by atoms with Gasteiger partial charge in [-0.2, -0.15) is 5.10 Å². The summed E-state index contributed by atoms with van der Waals surface area (Å²) in [5.41, 5.74) is 6.05. The van der Waals surface area contributed by atoms with E-state index in [1.54, 1.807) is 24.3 Å². The van der Waals surface area contributed by atoms with Crippen molar-refractivity contribution < 1.29 is 14.4 Å². The van der Waals surface area contributed by atoms with Gasteiger partial charge in [-0.25, -0.2) is 9.67 Å². The van der Waals surface area contributed by atoms with Crippen LogP contribution in [0.2, 0.25) is 0 Å². The number of amides is 2. The van der Waals surface area contributed by atoms with E-state index in [4.69, 9.17) is 5.73 Å². The molecule has 27 heavy (non-hydrogen) atoms. The molecule has 9 nitrogen and oxygen atoms in total. The number of carbonyl (C=O) groups excluding carboxylic acids is 3. The van der Waals surface area contributed by atoms with E-state index in [0.29, 0.717) is 5.82 Å². The van der Waals surface area contributed by atoms with Crippen LogP contribution >= 0.6 is 0 Å². The Morgan fingerprint density at radius 1 is 1.07 bits per heavy atom. The maximum atomic E-state index is 12.7. The van der Waals surface area contributed by atoms with Gasteiger partial charge in [0.1, 0.15) is 11.7 Å². The van der Waals surface area contributed by atoms with E-state index in [9.17, 15) is 14.4 Å². The Balaban J connectivity index is 1.84. The summed E-state index contributed by atoms with van der Waals surface area (Å²) in [5, 5.41) is 6.62. The molecular formula is C18H16N6O3. The highest BCUT2D eigenvalue weighted by Crippen LogP contribution is 2.09. The molecule has 3 aromatic rings. The number of aromatic nitrogens is 4. The summed E-state index contributed by atoms with van der Waals surface area (Å²) in [6, 6.07) is 9.37. The summed E-state index contributed by atoms with van der Waals surface area (Å²) in [4.78, 5) is 44.3. The van der Waals surface area contributed by atoms with E-state index in [2.05, 4.69) is 20.4 Å². The minimum Gasteiger partial charge on any atom is -0.363 e. The second-order valence-electron chi connectivity index (χ2n) is 5.64. The smallest absolute Gasteiger partial charge is 0.287 e. The molecule has 0 saturated heterocycles. The van der Waals surface area contributed by atoms with Crippen molar-refractivity contribution in [1.82, 2.24) is 25.1 Å². The lowest BCUT2D eigenvalue weighted by Gasteiger charge is -2.16. The number of benzene rings is 1. The molecule has 0 saturated carbocycles. The van der Waals surface area contributed by atoms with Crippen LogP contribution in [0.15, 0.2) is 61.2 Å². The molecule has 0 aliphatic heterocycles. The van der Waals surface area contributed by atoms with Crippen LogP contribution < -0.4 is 11.1 Å². The normalized spacial score (nSPS) is 11.6. The Kier molecular flexibility index (Phi) is 5.31. The fourth-order valence-corrected chi connectivity index (χ4v) is 2.52. The molecule has 1 atom stereocenters. The Hall–Kier alpha value is -3.88. The minimum absolute atomic E-state index is 0.133. The lowest BCUT2D eigenvalue weighted by Crippen LogP contribution is -2.47. The van der Waals surface area contributed by atoms with E-state index in [-0.39, 0.29) is 12.1 Å². The van der Waals surface area contributed by atoms with Crippen LogP contribution in [0.1, 0.15) is 16.1 Å². The lowest BCUT2D eigenvalue weighted by atomic mass is 10.0. The van der Waals surface area contributed by atoms with Gasteiger partial charge in [-0.15, -0.1) is 0 Å². The fraction of sp³-hybridized carbons (Fsp3) is 0.111. The van der Waals surface area contributed by atoms with Gasteiger partial charge in [-0.1, -0.05) is 30.3 Å². The summed E-state index contributed by atoms with van der Waals surface area (Å²) in [5.74, 6) is -2.24. The number of nitrogens with one attached hydrogen (secondary N) is 1. The maximum absolute atomic E-state index is 12.7. The second-order valence-corrected chi connectivity index (χ2v) is 5.64. The molecule has 9 heteroatoms. The first-order valence-corrected chi connectivity index (χ1v) is 8.05. The molecule has 0 spiro atoms. The number of hydrogen-bond donors (Lipinski definition) is 2. The Bertz CT molecular complexity index is 955. The highest BCUT2D eigenvalue weighted by molar-refractivity contribution is 6.38. The SMILES string of the molecule is NC(=O)C(=O)C(Cc1ccccc1)NC(=O)c1ccnn1-c1cnccn1. The topological polar surface area (TPSA) is 133 Å². The predicted molar refractivity (Wildman–Crippen MR) is 94.8 cm³/mol. The monoisotopic (exact) mass is 364 g/mol. The summed E-state index contributed by atoms with van der Waals surface area (Å²) >= 11 is 0. The van der Waals surface area contributed by atoms with E-state index >= 15 is 0 Å². The van der Waals surface area contributed by atoms with E-state index in [1.807, 2.05) is 6.07 Å². The molecule has 136 valence electrons. The number of rotatable bonds is 7. The van der Waals surface area contributed by atoms with Crippen molar-refractivity contribution >= 4 is 17.6 Å². The van der Waals surface area contributed by atoms with Gasteiger partial charge >= 0.3 is 0 Å².